The largest absolute Gasteiger partial charge is 0.489 e. The van der Waals surface area contributed by atoms with Gasteiger partial charge in [0.2, 0.25) is 5.91 Å². The van der Waals surface area contributed by atoms with Crippen molar-refractivity contribution in [2.24, 2.45) is 5.92 Å². The van der Waals surface area contributed by atoms with Crippen molar-refractivity contribution in [1.82, 2.24) is 14.8 Å². The Labute approximate surface area is 218 Å². The van der Waals surface area contributed by atoms with E-state index in [9.17, 15) is 14.0 Å². The van der Waals surface area contributed by atoms with Crippen LogP contribution in [0.15, 0.2) is 79.3 Å². The Balaban J connectivity index is 1.07. The SMILES string of the molecule is O=C1O[C@]2(CC[C@@H](C(=O)Nc3ccn(-c4ccc(OCc5ccccc5)cc4F)n3)CC2)c2cnccc21. The van der Waals surface area contributed by atoms with Crippen molar-refractivity contribution in [2.45, 2.75) is 37.9 Å². The Morgan fingerprint density at radius 2 is 1.95 bits per heavy atom. The lowest BCUT2D eigenvalue weighted by Crippen LogP contribution is -2.36. The summed E-state index contributed by atoms with van der Waals surface area (Å²) in [5.74, 6) is -0.485. The Morgan fingerprint density at radius 1 is 1.13 bits per heavy atom. The monoisotopic (exact) mass is 512 g/mol. The Hall–Kier alpha value is -4.53. The molecule has 8 nitrogen and oxygen atoms in total. The summed E-state index contributed by atoms with van der Waals surface area (Å²) in [7, 11) is 0. The van der Waals surface area contributed by atoms with Crippen LogP contribution in [0.1, 0.15) is 47.2 Å². The van der Waals surface area contributed by atoms with Crippen LogP contribution in [0.5, 0.6) is 5.75 Å². The van der Waals surface area contributed by atoms with Crippen molar-refractivity contribution in [3.05, 3.63) is 102 Å². The zero-order valence-electron chi connectivity index (χ0n) is 20.5. The second-order valence-electron chi connectivity index (χ2n) is 9.60. The lowest BCUT2D eigenvalue weighted by molar-refractivity contribution is -0.122. The van der Waals surface area contributed by atoms with Crippen LogP contribution in [0.3, 0.4) is 0 Å². The number of hydrogen-bond acceptors (Lipinski definition) is 6. The van der Waals surface area contributed by atoms with E-state index in [-0.39, 0.29) is 23.5 Å². The number of nitrogens with one attached hydrogen (secondary N) is 1. The highest BCUT2D eigenvalue weighted by atomic mass is 19.1. The van der Waals surface area contributed by atoms with Gasteiger partial charge < -0.3 is 14.8 Å². The maximum Gasteiger partial charge on any atom is 0.339 e. The average molecular weight is 513 g/mol. The normalized spacial score (nSPS) is 20.1. The van der Waals surface area contributed by atoms with Crippen LogP contribution in [0.4, 0.5) is 10.2 Å². The van der Waals surface area contributed by atoms with Gasteiger partial charge in [-0.1, -0.05) is 30.3 Å². The molecule has 2 aromatic carbocycles. The van der Waals surface area contributed by atoms with Crippen molar-refractivity contribution < 1.29 is 23.5 Å². The predicted octanol–water partition coefficient (Wildman–Crippen LogP) is 5.18. The van der Waals surface area contributed by atoms with Crippen LogP contribution in [0.2, 0.25) is 0 Å². The summed E-state index contributed by atoms with van der Waals surface area (Å²) in [6, 6.07) is 17.5. The third-order valence-electron chi connectivity index (χ3n) is 7.24. The summed E-state index contributed by atoms with van der Waals surface area (Å²) in [6.07, 6.45) is 7.09. The first-order valence-corrected chi connectivity index (χ1v) is 12.5. The van der Waals surface area contributed by atoms with Gasteiger partial charge in [0.15, 0.2) is 11.6 Å². The highest BCUT2D eigenvalue weighted by Gasteiger charge is 2.48. The summed E-state index contributed by atoms with van der Waals surface area (Å²) >= 11 is 0. The molecule has 6 rings (SSSR count). The number of carbonyl (C=O) groups excluding carboxylic acids is 2. The highest BCUT2D eigenvalue weighted by molar-refractivity contribution is 5.95. The summed E-state index contributed by atoms with van der Waals surface area (Å²) in [6.45, 7) is 0.339. The number of halogens is 1. The molecule has 1 aliphatic carbocycles. The standard InChI is InChI=1S/C29H25FN4O4/c30-24-16-21(37-18-19-4-2-1-3-5-19)6-7-25(24)34-15-11-26(33-34)32-27(35)20-8-12-29(13-9-20)23-17-31-14-10-22(23)28(36)38-29/h1-7,10-11,14-17,20H,8-9,12-13,18H2,(H,32,33,35)/t20-,29+. The molecule has 1 amide bonds. The number of pyridine rings is 1. The molecular formula is C29H25FN4O4. The maximum atomic E-state index is 14.8. The third kappa shape index (κ3) is 4.51. The third-order valence-corrected chi connectivity index (χ3v) is 7.24. The molecule has 1 spiro atoms. The molecule has 1 saturated carbocycles. The van der Waals surface area contributed by atoms with E-state index < -0.39 is 11.4 Å². The zero-order valence-corrected chi connectivity index (χ0v) is 20.5. The van der Waals surface area contributed by atoms with Crippen molar-refractivity contribution in [3.8, 4) is 11.4 Å². The maximum absolute atomic E-state index is 14.8. The molecule has 2 aliphatic rings. The van der Waals surface area contributed by atoms with Crippen LogP contribution in [0.25, 0.3) is 5.69 Å². The summed E-state index contributed by atoms with van der Waals surface area (Å²) in [5.41, 5.74) is 1.89. The van der Waals surface area contributed by atoms with Crippen LogP contribution >= 0.6 is 0 Å². The first-order chi connectivity index (χ1) is 18.5. The van der Waals surface area contributed by atoms with E-state index >= 15 is 0 Å². The molecule has 3 heterocycles. The number of anilines is 1. The number of esters is 1. The van der Waals surface area contributed by atoms with Gasteiger partial charge in [-0.3, -0.25) is 9.78 Å². The molecule has 2 aromatic heterocycles. The molecular weight excluding hydrogens is 487 g/mol. The van der Waals surface area contributed by atoms with E-state index in [1.165, 1.54) is 10.7 Å². The molecule has 192 valence electrons. The molecule has 0 unspecified atom stereocenters. The summed E-state index contributed by atoms with van der Waals surface area (Å²) < 4.78 is 27.6. The number of rotatable bonds is 6. The van der Waals surface area contributed by atoms with E-state index in [1.54, 1.807) is 42.9 Å². The smallest absolute Gasteiger partial charge is 0.339 e. The minimum Gasteiger partial charge on any atom is -0.489 e. The van der Waals surface area contributed by atoms with Gasteiger partial charge in [0.1, 0.15) is 23.6 Å². The predicted molar refractivity (Wildman–Crippen MR) is 136 cm³/mol. The highest BCUT2D eigenvalue weighted by Crippen LogP contribution is 2.47. The molecule has 4 aromatic rings. The number of carbonyl (C=O) groups is 2. The van der Waals surface area contributed by atoms with E-state index in [2.05, 4.69) is 15.4 Å². The minimum absolute atomic E-state index is 0.161. The van der Waals surface area contributed by atoms with Crippen LogP contribution in [-0.2, 0) is 21.7 Å². The van der Waals surface area contributed by atoms with E-state index in [1.807, 2.05) is 30.3 Å². The lowest BCUT2D eigenvalue weighted by atomic mass is 9.75. The van der Waals surface area contributed by atoms with Crippen LogP contribution < -0.4 is 10.1 Å². The van der Waals surface area contributed by atoms with E-state index in [4.69, 9.17) is 9.47 Å². The van der Waals surface area contributed by atoms with Gasteiger partial charge in [0, 0.05) is 42.2 Å². The fourth-order valence-electron chi connectivity index (χ4n) is 5.20. The van der Waals surface area contributed by atoms with Crippen LogP contribution in [0, 0.1) is 11.7 Å². The number of ether oxygens (including phenoxy) is 2. The first kappa shape index (κ1) is 23.8. The number of nitrogens with zero attached hydrogens (tertiary/aromatic N) is 3. The van der Waals surface area contributed by atoms with E-state index in [0.29, 0.717) is 49.4 Å². The van der Waals surface area contributed by atoms with Gasteiger partial charge in [0.25, 0.3) is 0 Å². The lowest BCUT2D eigenvalue weighted by Gasteiger charge is -2.35. The molecule has 38 heavy (non-hydrogen) atoms. The fourth-order valence-corrected chi connectivity index (χ4v) is 5.20. The number of hydrogen-bond donors (Lipinski definition) is 1. The summed E-state index contributed by atoms with van der Waals surface area (Å²) in [5, 5.41) is 7.18. The minimum atomic E-state index is -0.701. The number of benzene rings is 2. The van der Waals surface area contributed by atoms with Gasteiger partial charge in [-0.05, 0) is 49.4 Å². The zero-order chi connectivity index (χ0) is 26.1. The molecule has 1 fully saturated rings. The quantitative estimate of drug-likeness (QED) is 0.358. The molecule has 1 N–H and O–H groups in total. The van der Waals surface area contributed by atoms with E-state index in [0.717, 1.165) is 11.1 Å². The van der Waals surface area contributed by atoms with Crippen LogP contribution in [-0.4, -0.2) is 26.6 Å². The van der Waals surface area contributed by atoms with Crippen molar-refractivity contribution in [1.29, 1.82) is 0 Å². The molecule has 0 radical (unpaired) electrons. The Bertz CT molecular complexity index is 1500. The van der Waals surface area contributed by atoms with Gasteiger partial charge in [0.05, 0.1) is 5.56 Å². The number of amides is 1. The van der Waals surface area contributed by atoms with Crippen molar-refractivity contribution in [3.63, 3.8) is 0 Å². The van der Waals surface area contributed by atoms with Crippen molar-refractivity contribution >= 4 is 17.7 Å². The first-order valence-electron chi connectivity index (χ1n) is 12.5. The molecule has 9 heteroatoms. The topological polar surface area (TPSA) is 95.3 Å². The Morgan fingerprint density at radius 3 is 2.74 bits per heavy atom. The fraction of sp³-hybridized carbons (Fsp3) is 0.241. The Kier molecular flexibility index (Phi) is 6.11. The molecule has 0 saturated heterocycles. The molecule has 0 atom stereocenters. The van der Waals surface area contributed by atoms with Gasteiger partial charge >= 0.3 is 5.97 Å². The number of aromatic nitrogens is 3. The number of fused-ring (bicyclic) bond motifs is 2. The second-order valence-corrected chi connectivity index (χ2v) is 9.60. The van der Waals surface area contributed by atoms with Crippen molar-refractivity contribution in [2.75, 3.05) is 5.32 Å². The average Bonchev–Trinajstić information content (AvgIpc) is 3.51. The van der Waals surface area contributed by atoms with Gasteiger partial charge in [-0.2, -0.15) is 0 Å². The second kappa shape index (κ2) is 9.74. The molecule has 1 aliphatic heterocycles. The van der Waals surface area contributed by atoms with Gasteiger partial charge in [-0.15, -0.1) is 5.10 Å². The summed E-state index contributed by atoms with van der Waals surface area (Å²) in [4.78, 5) is 29.4. The van der Waals surface area contributed by atoms with Gasteiger partial charge in [-0.25, -0.2) is 13.9 Å². The molecule has 0 bridgehead atoms.